The number of piperidine rings is 1. The molecule has 2 aliphatic heterocycles. The number of rotatable bonds is 5. The van der Waals surface area contributed by atoms with E-state index in [0.29, 0.717) is 25.3 Å². The summed E-state index contributed by atoms with van der Waals surface area (Å²) in [6.07, 6.45) is 9.26. The molecule has 0 aromatic heterocycles. The average molecular weight is 566 g/mol. The molecular weight excluding hydrogens is 528 g/mol. The van der Waals surface area contributed by atoms with Gasteiger partial charge < -0.3 is 21.3 Å². The van der Waals surface area contributed by atoms with Crippen molar-refractivity contribution in [3.63, 3.8) is 0 Å². The standard InChI is InChI=1S/C25H32BrClN4O2.C2H6/c1-15-11-17-4-5-18-13-19(26)14-30-24(18)23(22(17)20(27)12-15)16-6-9-31(10-7-16)21(32)3-2-8-29-25(28)33;1-2/h11-14,16,23-24,30H,2-10H2,1H3,(H3,28,29,33);1-2H3. The molecule has 35 heavy (non-hydrogen) atoms. The third-order valence-corrected chi connectivity index (χ3v) is 7.90. The number of benzene rings is 1. The van der Waals surface area contributed by atoms with Crippen LogP contribution in [0, 0.1) is 12.8 Å². The van der Waals surface area contributed by atoms with Gasteiger partial charge >= 0.3 is 6.03 Å². The molecule has 3 amide bonds. The van der Waals surface area contributed by atoms with Crippen molar-refractivity contribution in [2.75, 3.05) is 19.6 Å². The van der Waals surface area contributed by atoms with Crippen molar-refractivity contribution in [1.29, 1.82) is 0 Å². The number of nitrogens with zero attached hydrogens (tertiary/aromatic N) is 1. The fourth-order valence-corrected chi connectivity index (χ4v) is 6.47. The molecule has 3 aliphatic rings. The molecule has 2 atom stereocenters. The predicted molar refractivity (Wildman–Crippen MR) is 147 cm³/mol. The van der Waals surface area contributed by atoms with Crippen LogP contribution >= 0.6 is 27.5 Å². The third-order valence-electron chi connectivity index (χ3n) is 7.13. The monoisotopic (exact) mass is 564 g/mol. The topological polar surface area (TPSA) is 87.5 Å². The molecule has 192 valence electrons. The number of allylic oxidation sites excluding steroid dienone is 2. The summed E-state index contributed by atoms with van der Waals surface area (Å²) in [6.45, 7) is 8.05. The lowest BCUT2D eigenvalue weighted by Crippen LogP contribution is -2.44. The van der Waals surface area contributed by atoms with Crippen molar-refractivity contribution in [3.8, 4) is 0 Å². The molecule has 1 aliphatic carbocycles. The van der Waals surface area contributed by atoms with E-state index in [9.17, 15) is 9.59 Å². The molecule has 1 aromatic carbocycles. The van der Waals surface area contributed by atoms with Gasteiger partial charge in [0.2, 0.25) is 5.91 Å². The van der Waals surface area contributed by atoms with E-state index < -0.39 is 6.03 Å². The Morgan fingerprint density at radius 1 is 1.23 bits per heavy atom. The molecule has 0 bridgehead atoms. The zero-order valence-electron chi connectivity index (χ0n) is 21.0. The lowest BCUT2D eigenvalue weighted by Gasteiger charge is -2.41. The number of urea groups is 1. The number of hydrogen-bond donors (Lipinski definition) is 3. The number of dihydropyridines is 1. The van der Waals surface area contributed by atoms with Crippen LogP contribution in [-0.4, -0.2) is 42.5 Å². The quantitative estimate of drug-likeness (QED) is 0.411. The second kappa shape index (κ2) is 12.8. The second-order valence-electron chi connectivity index (χ2n) is 9.35. The smallest absolute Gasteiger partial charge is 0.312 e. The van der Waals surface area contributed by atoms with Crippen LogP contribution in [0.5, 0.6) is 0 Å². The van der Waals surface area contributed by atoms with Crippen LogP contribution < -0.4 is 16.4 Å². The number of carbonyl (C=O) groups is 2. The van der Waals surface area contributed by atoms with Crippen LogP contribution in [0.3, 0.4) is 0 Å². The first-order valence-electron chi connectivity index (χ1n) is 12.8. The Labute approximate surface area is 222 Å². The fraction of sp³-hybridized carbons (Fsp3) is 0.556. The zero-order chi connectivity index (χ0) is 25.5. The van der Waals surface area contributed by atoms with Gasteiger partial charge in [-0.15, -0.1) is 0 Å². The Kier molecular flexibility index (Phi) is 10.1. The Morgan fingerprint density at radius 2 is 1.94 bits per heavy atom. The summed E-state index contributed by atoms with van der Waals surface area (Å²) < 4.78 is 1.08. The summed E-state index contributed by atoms with van der Waals surface area (Å²) in [4.78, 5) is 25.4. The molecular formula is C27H38BrClN4O2. The number of hydrogen-bond acceptors (Lipinski definition) is 3. The summed E-state index contributed by atoms with van der Waals surface area (Å²) in [7, 11) is 0. The first-order chi connectivity index (χ1) is 16.8. The zero-order valence-corrected chi connectivity index (χ0v) is 23.3. The van der Waals surface area contributed by atoms with Gasteiger partial charge in [0, 0.05) is 47.7 Å². The van der Waals surface area contributed by atoms with Gasteiger partial charge in [-0.25, -0.2) is 4.79 Å². The highest BCUT2D eigenvalue weighted by Crippen LogP contribution is 2.46. The second-order valence-corrected chi connectivity index (χ2v) is 10.7. The highest BCUT2D eigenvalue weighted by Gasteiger charge is 2.40. The number of nitrogens with two attached hydrogens (primary N) is 1. The van der Waals surface area contributed by atoms with Crippen LogP contribution in [0.1, 0.15) is 68.6 Å². The number of amides is 3. The van der Waals surface area contributed by atoms with Crippen LogP contribution in [-0.2, 0) is 11.2 Å². The van der Waals surface area contributed by atoms with Crippen LogP contribution in [0.25, 0.3) is 0 Å². The maximum atomic E-state index is 12.7. The van der Waals surface area contributed by atoms with Gasteiger partial charge in [0.1, 0.15) is 0 Å². The molecule has 0 saturated carbocycles. The van der Waals surface area contributed by atoms with Gasteiger partial charge in [-0.05, 0) is 95.3 Å². The van der Waals surface area contributed by atoms with Crippen LogP contribution in [0.4, 0.5) is 4.79 Å². The summed E-state index contributed by atoms with van der Waals surface area (Å²) in [6, 6.07) is 4.07. The molecule has 6 nitrogen and oxygen atoms in total. The molecule has 4 rings (SSSR count). The van der Waals surface area contributed by atoms with E-state index in [-0.39, 0.29) is 17.9 Å². The number of likely N-dealkylation sites (tertiary alicyclic amines) is 1. The van der Waals surface area contributed by atoms with Gasteiger partial charge in [0.05, 0.1) is 6.04 Å². The van der Waals surface area contributed by atoms with Crippen molar-refractivity contribution < 1.29 is 9.59 Å². The SMILES string of the molecule is CC.Cc1cc(Cl)c2c(c1)CCC1=CC(Br)=CNC1C2C1CCN(C(=O)CCCNC(N)=O)CC1. The Morgan fingerprint density at radius 3 is 2.63 bits per heavy atom. The van der Waals surface area contributed by atoms with E-state index in [2.05, 4.69) is 51.7 Å². The number of carbonyl (C=O) groups excluding carboxylic acids is 2. The maximum absolute atomic E-state index is 12.7. The fourth-order valence-electron chi connectivity index (χ4n) is 5.62. The maximum Gasteiger partial charge on any atom is 0.312 e. The molecule has 1 aromatic rings. The number of aryl methyl sites for hydroxylation is 2. The highest BCUT2D eigenvalue weighted by molar-refractivity contribution is 9.11. The van der Waals surface area contributed by atoms with E-state index in [4.69, 9.17) is 17.3 Å². The largest absolute Gasteiger partial charge is 0.383 e. The van der Waals surface area contributed by atoms with Gasteiger partial charge in [-0.2, -0.15) is 0 Å². The van der Waals surface area contributed by atoms with Gasteiger partial charge in [-0.3, -0.25) is 4.79 Å². The average Bonchev–Trinajstić information content (AvgIpc) is 3.00. The third kappa shape index (κ3) is 6.82. The number of nitrogens with one attached hydrogen (secondary N) is 2. The van der Waals surface area contributed by atoms with E-state index in [1.165, 1.54) is 22.3 Å². The minimum atomic E-state index is -0.549. The van der Waals surface area contributed by atoms with Crippen LogP contribution in [0.15, 0.2) is 34.5 Å². The summed E-state index contributed by atoms with van der Waals surface area (Å²) in [5.74, 6) is 0.863. The summed E-state index contributed by atoms with van der Waals surface area (Å²) in [5.41, 5.74) is 10.4. The van der Waals surface area contributed by atoms with Crippen LogP contribution in [0.2, 0.25) is 5.02 Å². The van der Waals surface area contributed by atoms with E-state index >= 15 is 0 Å². The Bertz CT molecular complexity index is 986. The first kappa shape index (κ1) is 27.6. The van der Waals surface area contributed by atoms with Crippen molar-refractivity contribution in [3.05, 3.63) is 56.2 Å². The Hall–Kier alpha value is -1.99. The molecule has 8 heteroatoms. The van der Waals surface area contributed by atoms with Crippen molar-refractivity contribution >= 4 is 39.5 Å². The van der Waals surface area contributed by atoms with Crippen molar-refractivity contribution in [1.82, 2.24) is 15.5 Å². The highest BCUT2D eigenvalue weighted by atomic mass is 79.9. The van der Waals surface area contributed by atoms with E-state index in [0.717, 1.165) is 48.3 Å². The van der Waals surface area contributed by atoms with Crippen molar-refractivity contribution in [2.24, 2.45) is 11.7 Å². The normalized spacial score (nSPS) is 21.7. The van der Waals surface area contributed by atoms with Gasteiger partial charge in [0.15, 0.2) is 0 Å². The van der Waals surface area contributed by atoms with E-state index in [1.54, 1.807) is 0 Å². The summed E-state index contributed by atoms with van der Waals surface area (Å²) in [5, 5.41) is 7.07. The first-order valence-corrected chi connectivity index (χ1v) is 13.9. The minimum Gasteiger partial charge on any atom is -0.383 e. The molecule has 2 heterocycles. The van der Waals surface area contributed by atoms with Gasteiger partial charge in [0.25, 0.3) is 0 Å². The molecule has 0 spiro atoms. The van der Waals surface area contributed by atoms with Crippen molar-refractivity contribution in [2.45, 2.75) is 71.3 Å². The lowest BCUT2D eigenvalue weighted by molar-refractivity contribution is -0.132. The minimum absolute atomic E-state index is 0.151. The lowest BCUT2D eigenvalue weighted by atomic mass is 9.73. The predicted octanol–water partition coefficient (Wildman–Crippen LogP) is 5.53. The summed E-state index contributed by atoms with van der Waals surface area (Å²) >= 11 is 10.5. The van der Waals surface area contributed by atoms with Gasteiger partial charge in [-0.1, -0.05) is 31.5 Å². The molecule has 1 saturated heterocycles. The number of fused-ring (bicyclic) bond motifs is 2. The Balaban J connectivity index is 0.00000167. The molecule has 2 unspecified atom stereocenters. The molecule has 0 radical (unpaired) electrons. The van der Waals surface area contributed by atoms with E-state index in [1.807, 2.05) is 24.9 Å². The molecule has 4 N–H and O–H groups in total. The number of halogens is 2. The number of primary amides is 1. The molecule has 1 fully saturated rings.